The van der Waals surface area contributed by atoms with Crippen molar-refractivity contribution in [1.82, 2.24) is 9.97 Å². The Bertz CT molecular complexity index is 499. The summed E-state index contributed by atoms with van der Waals surface area (Å²) in [7, 11) is 1.68. The van der Waals surface area contributed by atoms with Crippen LogP contribution in [0.3, 0.4) is 0 Å². The molecule has 0 aliphatic heterocycles. The van der Waals surface area contributed by atoms with E-state index in [1.54, 1.807) is 18.4 Å². The fourth-order valence-electron chi connectivity index (χ4n) is 1.77. The van der Waals surface area contributed by atoms with Gasteiger partial charge in [-0.2, -0.15) is 0 Å². The molecule has 1 N–H and O–H groups in total. The van der Waals surface area contributed by atoms with Crippen LogP contribution in [0.4, 0.5) is 5.82 Å². The van der Waals surface area contributed by atoms with Crippen LogP contribution in [0.5, 0.6) is 0 Å². The Labute approximate surface area is 117 Å². The number of rotatable bonds is 7. The predicted octanol–water partition coefficient (Wildman–Crippen LogP) is 3.10. The van der Waals surface area contributed by atoms with Gasteiger partial charge in [-0.1, -0.05) is 13.0 Å². The minimum Gasteiger partial charge on any atom is -0.378 e. The van der Waals surface area contributed by atoms with Gasteiger partial charge in [-0.3, -0.25) is 0 Å². The minimum atomic E-state index is 0.515. The number of aromatic nitrogens is 2. The van der Waals surface area contributed by atoms with Crippen LogP contribution in [0.15, 0.2) is 23.6 Å². The highest BCUT2D eigenvalue weighted by Gasteiger charge is 2.06. The molecule has 0 spiro atoms. The van der Waals surface area contributed by atoms with Gasteiger partial charge in [0, 0.05) is 31.0 Å². The highest BCUT2D eigenvalue weighted by Crippen LogP contribution is 2.15. The van der Waals surface area contributed by atoms with Crippen LogP contribution in [0, 0.1) is 0 Å². The number of thiophene rings is 1. The van der Waals surface area contributed by atoms with E-state index in [1.165, 1.54) is 4.88 Å². The summed E-state index contributed by atoms with van der Waals surface area (Å²) in [6.07, 6.45) is 1.85. The van der Waals surface area contributed by atoms with E-state index in [0.29, 0.717) is 6.61 Å². The van der Waals surface area contributed by atoms with Crippen LogP contribution in [0.1, 0.15) is 29.7 Å². The van der Waals surface area contributed by atoms with Crippen molar-refractivity contribution in [2.75, 3.05) is 19.0 Å². The van der Waals surface area contributed by atoms with E-state index in [1.807, 2.05) is 6.07 Å². The summed E-state index contributed by atoms with van der Waals surface area (Å²) < 4.78 is 5.16. The second-order valence-electron chi connectivity index (χ2n) is 4.28. The number of anilines is 1. The first-order valence-corrected chi connectivity index (χ1v) is 7.31. The van der Waals surface area contributed by atoms with Crippen molar-refractivity contribution < 1.29 is 4.74 Å². The maximum Gasteiger partial charge on any atom is 0.136 e. The Balaban J connectivity index is 2.17. The SMILES string of the molecule is CCCNc1cc(COC)nc(Cc2cccs2)n1. The van der Waals surface area contributed by atoms with E-state index in [2.05, 4.69) is 39.7 Å². The first kappa shape index (κ1) is 14.0. The standard InChI is InChI=1S/C14H19N3OS/c1-3-6-15-13-8-11(10-18-2)16-14(17-13)9-12-5-4-7-19-12/h4-5,7-8H,3,6,9-10H2,1-2H3,(H,15,16,17). The van der Waals surface area contributed by atoms with Crippen molar-refractivity contribution in [3.05, 3.63) is 40.0 Å². The lowest BCUT2D eigenvalue weighted by molar-refractivity contribution is 0.181. The molecule has 5 heteroatoms. The molecule has 0 unspecified atom stereocenters. The smallest absolute Gasteiger partial charge is 0.136 e. The number of nitrogens with zero attached hydrogens (tertiary/aromatic N) is 2. The highest BCUT2D eigenvalue weighted by molar-refractivity contribution is 7.09. The third-order valence-electron chi connectivity index (χ3n) is 2.59. The van der Waals surface area contributed by atoms with Crippen LogP contribution < -0.4 is 5.32 Å². The van der Waals surface area contributed by atoms with Crippen LogP contribution in [-0.2, 0) is 17.8 Å². The number of hydrogen-bond acceptors (Lipinski definition) is 5. The van der Waals surface area contributed by atoms with Gasteiger partial charge < -0.3 is 10.1 Å². The predicted molar refractivity (Wildman–Crippen MR) is 78.7 cm³/mol. The zero-order chi connectivity index (χ0) is 13.5. The lowest BCUT2D eigenvalue weighted by atomic mass is 10.3. The fraction of sp³-hybridized carbons (Fsp3) is 0.429. The monoisotopic (exact) mass is 277 g/mol. The molecule has 0 radical (unpaired) electrons. The summed E-state index contributed by atoms with van der Waals surface area (Å²) in [5.41, 5.74) is 0.919. The molecule has 0 bridgehead atoms. The Morgan fingerprint density at radius 2 is 2.26 bits per heavy atom. The molecule has 0 aliphatic rings. The molecule has 2 aromatic rings. The number of methoxy groups -OCH3 is 1. The van der Waals surface area contributed by atoms with Gasteiger partial charge in [0.2, 0.25) is 0 Å². The van der Waals surface area contributed by atoms with E-state index in [9.17, 15) is 0 Å². The fourth-order valence-corrected chi connectivity index (χ4v) is 2.47. The van der Waals surface area contributed by atoms with Gasteiger partial charge in [0.25, 0.3) is 0 Å². The Morgan fingerprint density at radius 3 is 2.95 bits per heavy atom. The quantitative estimate of drug-likeness (QED) is 0.845. The number of hydrogen-bond donors (Lipinski definition) is 1. The molecule has 0 aliphatic carbocycles. The normalized spacial score (nSPS) is 10.6. The zero-order valence-corrected chi connectivity index (χ0v) is 12.2. The highest BCUT2D eigenvalue weighted by atomic mass is 32.1. The third-order valence-corrected chi connectivity index (χ3v) is 3.46. The average Bonchev–Trinajstić information content (AvgIpc) is 2.89. The van der Waals surface area contributed by atoms with E-state index in [4.69, 9.17) is 4.74 Å². The second kappa shape index (κ2) is 7.21. The summed E-state index contributed by atoms with van der Waals surface area (Å²) in [5.74, 6) is 1.73. The Hall–Kier alpha value is -1.46. The van der Waals surface area contributed by atoms with E-state index < -0.39 is 0 Å². The molecule has 0 saturated carbocycles. The molecule has 19 heavy (non-hydrogen) atoms. The molecule has 0 amide bonds. The summed E-state index contributed by atoms with van der Waals surface area (Å²) in [6, 6.07) is 6.11. The van der Waals surface area contributed by atoms with Crippen molar-refractivity contribution >= 4 is 17.2 Å². The van der Waals surface area contributed by atoms with E-state index in [-0.39, 0.29) is 0 Å². The van der Waals surface area contributed by atoms with Crippen LogP contribution in [0.2, 0.25) is 0 Å². The third kappa shape index (κ3) is 4.29. The molecule has 2 rings (SSSR count). The molecule has 2 aromatic heterocycles. The van der Waals surface area contributed by atoms with Crippen molar-refractivity contribution in [3.8, 4) is 0 Å². The van der Waals surface area contributed by atoms with Crippen molar-refractivity contribution in [2.45, 2.75) is 26.4 Å². The van der Waals surface area contributed by atoms with Gasteiger partial charge in [0.05, 0.1) is 12.3 Å². The first-order valence-electron chi connectivity index (χ1n) is 6.44. The second-order valence-corrected chi connectivity index (χ2v) is 5.31. The van der Waals surface area contributed by atoms with Crippen LogP contribution >= 0.6 is 11.3 Å². The molecule has 0 atom stereocenters. The summed E-state index contributed by atoms with van der Waals surface area (Å²) in [5, 5.41) is 5.38. The van der Waals surface area contributed by atoms with Gasteiger partial charge in [-0.15, -0.1) is 11.3 Å². The molecule has 0 aromatic carbocycles. The van der Waals surface area contributed by atoms with Crippen molar-refractivity contribution in [3.63, 3.8) is 0 Å². The molecule has 2 heterocycles. The van der Waals surface area contributed by atoms with Gasteiger partial charge in [0.1, 0.15) is 11.6 Å². The summed E-state index contributed by atoms with van der Waals surface area (Å²) in [6.45, 7) is 3.57. The number of nitrogens with one attached hydrogen (secondary N) is 1. The minimum absolute atomic E-state index is 0.515. The molecule has 0 fully saturated rings. The van der Waals surface area contributed by atoms with E-state index >= 15 is 0 Å². The summed E-state index contributed by atoms with van der Waals surface area (Å²) in [4.78, 5) is 10.4. The molecular weight excluding hydrogens is 258 g/mol. The van der Waals surface area contributed by atoms with Gasteiger partial charge in [-0.25, -0.2) is 9.97 Å². The van der Waals surface area contributed by atoms with Crippen molar-refractivity contribution in [1.29, 1.82) is 0 Å². The lowest BCUT2D eigenvalue weighted by Crippen LogP contribution is -2.08. The zero-order valence-electron chi connectivity index (χ0n) is 11.3. The first-order chi connectivity index (χ1) is 9.31. The van der Waals surface area contributed by atoms with Gasteiger partial charge in [0.15, 0.2) is 0 Å². The van der Waals surface area contributed by atoms with Crippen LogP contribution in [-0.4, -0.2) is 23.6 Å². The Kier molecular flexibility index (Phi) is 5.30. The lowest BCUT2D eigenvalue weighted by Gasteiger charge is -2.08. The van der Waals surface area contributed by atoms with Gasteiger partial charge >= 0.3 is 0 Å². The van der Waals surface area contributed by atoms with Crippen LogP contribution in [0.25, 0.3) is 0 Å². The van der Waals surface area contributed by atoms with E-state index in [0.717, 1.165) is 36.7 Å². The molecule has 102 valence electrons. The maximum absolute atomic E-state index is 5.16. The van der Waals surface area contributed by atoms with Crippen molar-refractivity contribution in [2.24, 2.45) is 0 Å². The topological polar surface area (TPSA) is 47.0 Å². The summed E-state index contributed by atoms with van der Waals surface area (Å²) >= 11 is 1.73. The maximum atomic E-state index is 5.16. The average molecular weight is 277 g/mol. The number of ether oxygens (including phenoxy) is 1. The Morgan fingerprint density at radius 1 is 1.37 bits per heavy atom. The largest absolute Gasteiger partial charge is 0.378 e. The molecular formula is C14H19N3OS. The molecule has 0 saturated heterocycles. The van der Waals surface area contributed by atoms with Gasteiger partial charge in [-0.05, 0) is 17.9 Å². The molecule has 4 nitrogen and oxygen atoms in total.